The minimum atomic E-state index is -0.432. The van der Waals surface area contributed by atoms with Gasteiger partial charge in [-0.25, -0.2) is 4.79 Å². The molecule has 0 spiro atoms. The van der Waals surface area contributed by atoms with E-state index in [9.17, 15) is 10.0 Å². The van der Waals surface area contributed by atoms with Gasteiger partial charge < -0.3 is 14.8 Å². The number of hydrogen-bond acceptors (Lipinski definition) is 4. The maximum absolute atomic E-state index is 12.3. The molecule has 23 heavy (non-hydrogen) atoms. The van der Waals surface area contributed by atoms with Crippen LogP contribution in [0.4, 0.5) is 11.4 Å². The molecular formula is C18H20N2O3. The summed E-state index contributed by atoms with van der Waals surface area (Å²) in [4.78, 5) is 13.7. The molecule has 120 valence electrons. The van der Waals surface area contributed by atoms with Crippen LogP contribution in [0.2, 0.25) is 0 Å². The van der Waals surface area contributed by atoms with Crippen molar-refractivity contribution in [2.45, 2.75) is 6.92 Å². The summed E-state index contributed by atoms with van der Waals surface area (Å²) >= 11 is 0. The van der Waals surface area contributed by atoms with E-state index in [2.05, 4.69) is 0 Å². The molecule has 0 unspecified atom stereocenters. The van der Waals surface area contributed by atoms with Crippen molar-refractivity contribution < 1.29 is 14.3 Å². The molecule has 0 aliphatic carbocycles. The van der Waals surface area contributed by atoms with Gasteiger partial charge in [-0.3, -0.25) is 0 Å². The van der Waals surface area contributed by atoms with Gasteiger partial charge in [0.05, 0.1) is 12.2 Å². The topological polar surface area (TPSA) is 55.6 Å². The molecule has 0 heterocycles. The molecule has 0 amide bonds. The molecule has 0 fully saturated rings. The summed E-state index contributed by atoms with van der Waals surface area (Å²) in [7, 11) is 3.92. The molecular weight excluding hydrogens is 292 g/mol. The molecule has 0 aromatic heterocycles. The molecule has 0 N–H and O–H groups in total. The van der Waals surface area contributed by atoms with Crippen molar-refractivity contribution in [3.05, 3.63) is 64.9 Å². The van der Waals surface area contributed by atoms with Crippen molar-refractivity contribution >= 4 is 23.6 Å². The van der Waals surface area contributed by atoms with E-state index in [1.165, 1.54) is 12.3 Å². The highest BCUT2D eigenvalue weighted by atomic mass is 16.5. The number of carbonyl (C=O) groups excluding carboxylic acids is 1. The lowest BCUT2D eigenvalue weighted by atomic mass is 10.2. The van der Waals surface area contributed by atoms with E-state index >= 15 is 0 Å². The predicted octanol–water partition coefficient (Wildman–Crippen LogP) is 3.19. The highest BCUT2D eigenvalue weighted by Gasteiger charge is 2.10. The maximum Gasteiger partial charge on any atom is 0.338 e. The van der Waals surface area contributed by atoms with Crippen LogP contribution in [-0.4, -0.2) is 37.6 Å². The Labute approximate surface area is 136 Å². The summed E-state index contributed by atoms with van der Waals surface area (Å²) in [6.07, 6.45) is 1.48. The predicted molar refractivity (Wildman–Crippen MR) is 91.6 cm³/mol. The number of benzene rings is 2. The third kappa shape index (κ3) is 4.32. The molecule has 0 bridgehead atoms. The zero-order chi connectivity index (χ0) is 16.8. The van der Waals surface area contributed by atoms with Gasteiger partial charge in [-0.1, -0.05) is 6.07 Å². The molecule has 2 rings (SSSR count). The number of nitrogens with zero attached hydrogens (tertiary/aromatic N) is 2. The normalized spacial score (nSPS) is 11.2. The second-order valence-corrected chi connectivity index (χ2v) is 5.21. The third-order valence-corrected chi connectivity index (χ3v) is 3.29. The van der Waals surface area contributed by atoms with Gasteiger partial charge in [-0.15, -0.1) is 0 Å². The molecule has 0 atom stereocenters. The Morgan fingerprint density at radius 1 is 1.22 bits per heavy atom. The fourth-order valence-electron chi connectivity index (χ4n) is 2.05. The molecule has 0 radical (unpaired) electrons. The first-order valence-corrected chi connectivity index (χ1v) is 7.37. The van der Waals surface area contributed by atoms with Crippen LogP contribution >= 0.6 is 0 Å². The van der Waals surface area contributed by atoms with Crippen molar-refractivity contribution in [1.29, 1.82) is 0 Å². The van der Waals surface area contributed by atoms with Gasteiger partial charge in [0.25, 0.3) is 0 Å². The maximum atomic E-state index is 12.3. The number of ether oxygens (including phenoxy) is 1. The van der Waals surface area contributed by atoms with E-state index in [0.29, 0.717) is 17.9 Å². The zero-order valence-corrected chi connectivity index (χ0v) is 13.5. The van der Waals surface area contributed by atoms with Crippen molar-refractivity contribution in [2.75, 3.05) is 25.6 Å². The Bertz CT molecular complexity index is 706. The molecule has 0 saturated carbocycles. The summed E-state index contributed by atoms with van der Waals surface area (Å²) in [5.74, 6) is -0.432. The Morgan fingerprint density at radius 3 is 2.52 bits per heavy atom. The monoisotopic (exact) mass is 312 g/mol. The largest absolute Gasteiger partial charge is 0.618 e. The molecule has 0 aliphatic heterocycles. The minimum absolute atomic E-state index is 0.300. The first kappa shape index (κ1) is 16.5. The average Bonchev–Trinajstić information content (AvgIpc) is 2.55. The Hall–Kier alpha value is -2.82. The fourth-order valence-corrected chi connectivity index (χ4v) is 2.05. The second kappa shape index (κ2) is 7.45. The van der Waals surface area contributed by atoms with E-state index in [4.69, 9.17) is 4.74 Å². The fraction of sp³-hybridized carbons (Fsp3) is 0.222. The van der Waals surface area contributed by atoms with Crippen LogP contribution in [0.5, 0.6) is 0 Å². The van der Waals surface area contributed by atoms with Crippen molar-refractivity contribution in [1.82, 2.24) is 0 Å². The number of anilines is 1. The van der Waals surface area contributed by atoms with Gasteiger partial charge in [-0.2, -0.15) is 4.74 Å². The van der Waals surface area contributed by atoms with Crippen LogP contribution in [-0.2, 0) is 4.74 Å². The van der Waals surface area contributed by atoms with Crippen LogP contribution in [0, 0.1) is 5.21 Å². The van der Waals surface area contributed by atoms with Crippen LogP contribution in [0.15, 0.2) is 48.5 Å². The lowest BCUT2D eigenvalue weighted by Crippen LogP contribution is -2.08. The lowest BCUT2D eigenvalue weighted by molar-refractivity contribution is -0.354. The smallest absolute Gasteiger partial charge is 0.338 e. The number of hydrogen-bond donors (Lipinski definition) is 0. The summed E-state index contributed by atoms with van der Waals surface area (Å²) in [5.41, 5.74) is 2.59. The first-order valence-electron chi connectivity index (χ1n) is 7.37. The number of esters is 1. The van der Waals surface area contributed by atoms with E-state index < -0.39 is 5.97 Å². The van der Waals surface area contributed by atoms with E-state index in [1.807, 2.05) is 43.3 Å². The van der Waals surface area contributed by atoms with Crippen molar-refractivity contribution in [3.8, 4) is 0 Å². The van der Waals surface area contributed by atoms with Gasteiger partial charge in [-0.05, 0) is 37.3 Å². The van der Waals surface area contributed by atoms with Crippen LogP contribution in [0.1, 0.15) is 22.8 Å². The van der Waals surface area contributed by atoms with E-state index in [-0.39, 0.29) is 0 Å². The third-order valence-electron chi connectivity index (χ3n) is 3.29. The zero-order valence-electron chi connectivity index (χ0n) is 13.5. The Kier molecular flexibility index (Phi) is 5.36. The van der Waals surface area contributed by atoms with Gasteiger partial charge in [0, 0.05) is 37.5 Å². The lowest BCUT2D eigenvalue weighted by Gasteiger charge is -2.11. The standard InChI is InChI=1S/C18H20N2O3/c1-4-23-18(21)15-6-5-7-17(12-15)20(22)13-14-8-10-16(11-9-14)19(2)3/h5-13H,4H2,1-3H3/b20-13-. The van der Waals surface area contributed by atoms with Crippen LogP contribution in [0.25, 0.3) is 0 Å². The Balaban J connectivity index is 2.23. The summed E-state index contributed by atoms with van der Waals surface area (Å²) in [6, 6.07) is 14.1. The second-order valence-electron chi connectivity index (χ2n) is 5.21. The number of rotatable bonds is 5. The quantitative estimate of drug-likeness (QED) is 0.280. The summed E-state index contributed by atoms with van der Waals surface area (Å²) < 4.78 is 5.69. The van der Waals surface area contributed by atoms with Crippen LogP contribution in [0.3, 0.4) is 0 Å². The van der Waals surface area contributed by atoms with E-state index in [0.717, 1.165) is 16.0 Å². The Morgan fingerprint density at radius 2 is 1.91 bits per heavy atom. The summed E-state index contributed by atoms with van der Waals surface area (Å²) in [6.45, 7) is 2.04. The molecule has 2 aromatic carbocycles. The first-order chi connectivity index (χ1) is 11.0. The average molecular weight is 312 g/mol. The number of carbonyl (C=O) groups is 1. The van der Waals surface area contributed by atoms with Crippen molar-refractivity contribution in [3.63, 3.8) is 0 Å². The molecule has 2 aromatic rings. The molecule has 5 heteroatoms. The van der Waals surface area contributed by atoms with Crippen molar-refractivity contribution in [2.24, 2.45) is 0 Å². The van der Waals surface area contributed by atoms with E-state index in [1.54, 1.807) is 25.1 Å². The summed E-state index contributed by atoms with van der Waals surface area (Å²) in [5, 5.41) is 12.3. The highest BCUT2D eigenvalue weighted by molar-refractivity contribution is 5.90. The SMILES string of the molecule is CCOC(=O)c1cccc(/[N+]([O-])=C/c2ccc(N(C)C)cc2)c1. The van der Waals surface area contributed by atoms with Gasteiger partial charge in [0.15, 0.2) is 6.21 Å². The van der Waals surface area contributed by atoms with Crippen LogP contribution < -0.4 is 4.90 Å². The minimum Gasteiger partial charge on any atom is -0.618 e. The molecule has 0 saturated heterocycles. The van der Waals surface area contributed by atoms with Gasteiger partial charge in [0.1, 0.15) is 0 Å². The van der Waals surface area contributed by atoms with Gasteiger partial charge >= 0.3 is 5.97 Å². The molecule has 5 nitrogen and oxygen atoms in total. The molecule has 0 aliphatic rings. The highest BCUT2D eigenvalue weighted by Crippen LogP contribution is 2.16. The van der Waals surface area contributed by atoms with Gasteiger partial charge in [0.2, 0.25) is 5.69 Å².